The van der Waals surface area contributed by atoms with Gasteiger partial charge in [0.05, 0.1) is 33.8 Å². The van der Waals surface area contributed by atoms with Crippen molar-refractivity contribution in [2.24, 2.45) is 0 Å². The summed E-state index contributed by atoms with van der Waals surface area (Å²) in [7, 11) is 0. The molecule has 0 bridgehead atoms. The first kappa shape index (κ1) is 25.7. The molecule has 0 aromatic carbocycles. The molecule has 2 aromatic rings. The number of nitrogens with zero attached hydrogens (tertiary/aromatic N) is 6. The van der Waals surface area contributed by atoms with Crippen molar-refractivity contribution in [3.63, 3.8) is 0 Å². The molecule has 1 aliphatic rings. The Bertz CT molecular complexity index is 1070. The van der Waals surface area contributed by atoms with E-state index < -0.39 is 12.1 Å². The van der Waals surface area contributed by atoms with Crippen molar-refractivity contribution in [3.8, 4) is 0 Å². The Morgan fingerprint density at radius 3 is 2.21 bits per heavy atom. The first-order chi connectivity index (χ1) is 16.0. The topological polar surface area (TPSA) is 115 Å². The van der Waals surface area contributed by atoms with Gasteiger partial charge in [0.15, 0.2) is 0 Å². The minimum absolute atomic E-state index is 0.0928. The van der Waals surface area contributed by atoms with E-state index in [4.69, 9.17) is 4.74 Å². The fraction of sp³-hybridized carbons (Fsp3) is 0.591. The largest absolute Gasteiger partial charge is 0.450 e. The standard InChI is InChI=1S/C22H32BrN7O4/c1-7-34-22(33)28-10-8-27(9-11-28)21(32)17(6)29-12-18(13(2)25-29)24-20(31)16(5)30-15(4)19(23)14(3)26-30/h12,16-17H,7-11H2,1-6H3,(H,24,31). The molecule has 3 rings (SSSR count). The Morgan fingerprint density at radius 2 is 1.65 bits per heavy atom. The van der Waals surface area contributed by atoms with Crippen LogP contribution in [0.15, 0.2) is 10.7 Å². The number of anilines is 1. The molecule has 0 aliphatic carbocycles. The number of carbonyl (C=O) groups is 3. The van der Waals surface area contributed by atoms with E-state index in [1.165, 1.54) is 0 Å². The summed E-state index contributed by atoms with van der Waals surface area (Å²) in [5, 5.41) is 11.8. The molecule has 0 radical (unpaired) electrons. The molecule has 3 amide bonds. The van der Waals surface area contributed by atoms with Crippen LogP contribution >= 0.6 is 15.9 Å². The van der Waals surface area contributed by atoms with Crippen molar-refractivity contribution in [3.05, 3.63) is 27.8 Å². The summed E-state index contributed by atoms with van der Waals surface area (Å²) in [5.41, 5.74) is 2.84. The summed E-state index contributed by atoms with van der Waals surface area (Å²) < 4.78 is 9.15. The highest BCUT2D eigenvalue weighted by molar-refractivity contribution is 9.10. The molecule has 11 nitrogen and oxygen atoms in total. The van der Waals surface area contributed by atoms with Crippen LogP contribution in [0.3, 0.4) is 0 Å². The van der Waals surface area contributed by atoms with Crippen molar-refractivity contribution in [2.45, 2.75) is 53.6 Å². The molecule has 0 spiro atoms. The number of nitrogens with one attached hydrogen (secondary N) is 1. The number of rotatable bonds is 6. The second-order valence-corrected chi connectivity index (χ2v) is 9.18. The van der Waals surface area contributed by atoms with Crippen LogP contribution in [0.5, 0.6) is 0 Å². The Morgan fingerprint density at radius 1 is 1.03 bits per heavy atom. The Hall–Kier alpha value is -2.89. The first-order valence-electron chi connectivity index (χ1n) is 11.3. The first-order valence-corrected chi connectivity index (χ1v) is 12.1. The molecule has 186 valence electrons. The maximum absolute atomic E-state index is 13.0. The zero-order valence-electron chi connectivity index (χ0n) is 20.5. The van der Waals surface area contributed by atoms with Gasteiger partial charge in [-0.1, -0.05) is 0 Å². The average molecular weight is 538 g/mol. The maximum Gasteiger partial charge on any atom is 0.409 e. The molecule has 1 N–H and O–H groups in total. The smallest absolute Gasteiger partial charge is 0.409 e. The molecule has 34 heavy (non-hydrogen) atoms. The Kier molecular flexibility index (Phi) is 8.01. The lowest BCUT2D eigenvalue weighted by Crippen LogP contribution is -2.52. The van der Waals surface area contributed by atoms with E-state index in [0.717, 1.165) is 15.9 Å². The number of halogens is 1. The van der Waals surface area contributed by atoms with Crippen LogP contribution in [0.25, 0.3) is 0 Å². The summed E-state index contributed by atoms with van der Waals surface area (Å²) in [6.45, 7) is 12.9. The number of aromatic nitrogens is 4. The van der Waals surface area contributed by atoms with Gasteiger partial charge in [0.1, 0.15) is 12.1 Å². The van der Waals surface area contributed by atoms with Crippen LogP contribution in [0.4, 0.5) is 10.5 Å². The number of amides is 3. The quantitative estimate of drug-likeness (QED) is 0.605. The van der Waals surface area contributed by atoms with Crippen molar-refractivity contribution in [1.29, 1.82) is 0 Å². The highest BCUT2D eigenvalue weighted by Crippen LogP contribution is 2.24. The Labute approximate surface area is 207 Å². The van der Waals surface area contributed by atoms with Gasteiger partial charge < -0.3 is 19.9 Å². The highest BCUT2D eigenvalue weighted by Gasteiger charge is 2.29. The maximum atomic E-state index is 13.0. The number of piperazine rings is 1. The van der Waals surface area contributed by atoms with Crippen molar-refractivity contribution < 1.29 is 19.1 Å². The SMILES string of the molecule is CCOC(=O)N1CCN(C(=O)C(C)n2cc(NC(=O)C(C)n3nc(C)c(Br)c3C)c(C)n2)CC1. The molecule has 1 aliphatic heterocycles. The molecular weight excluding hydrogens is 506 g/mol. The van der Waals surface area contributed by atoms with E-state index >= 15 is 0 Å². The van der Waals surface area contributed by atoms with Crippen LogP contribution in [-0.4, -0.2) is 80.1 Å². The van der Waals surface area contributed by atoms with Gasteiger partial charge in [0.25, 0.3) is 0 Å². The number of carbonyl (C=O) groups excluding carboxylic acids is 3. The predicted octanol–water partition coefficient (Wildman–Crippen LogP) is 2.83. The lowest BCUT2D eigenvalue weighted by atomic mass is 10.2. The van der Waals surface area contributed by atoms with Gasteiger partial charge in [-0.15, -0.1) is 0 Å². The van der Waals surface area contributed by atoms with Crippen LogP contribution in [-0.2, 0) is 14.3 Å². The number of hydrogen-bond acceptors (Lipinski definition) is 6. The summed E-state index contributed by atoms with van der Waals surface area (Å²) in [6.07, 6.45) is 1.32. The fourth-order valence-corrected chi connectivity index (χ4v) is 4.13. The van der Waals surface area contributed by atoms with Crippen LogP contribution < -0.4 is 5.32 Å². The van der Waals surface area contributed by atoms with Gasteiger partial charge >= 0.3 is 6.09 Å². The van der Waals surface area contributed by atoms with E-state index in [9.17, 15) is 14.4 Å². The van der Waals surface area contributed by atoms with Gasteiger partial charge in [-0.25, -0.2) is 4.79 Å². The molecule has 3 heterocycles. The van der Waals surface area contributed by atoms with Crippen molar-refractivity contribution in [2.75, 3.05) is 38.1 Å². The number of hydrogen-bond donors (Lipinski definition) is 1. The zero-order valence-corrected chi connectivity index (χ0v) is 22.0. The molecule has 12 heteroatoms. The van der Waals surface area contributed by atoms with Gasteiger partial charge in [-0.05, 0) is 57.5 Å². The third kappa shape index (κ3) is 5.26. The van der Waals surface area contributed by atoms with Gasteiger partial charge in [0.2, 0.25) is 11.8 Å². The van der Waals surface area contributed by atoms with Crippen molar-refractivity contribution in [1.82, 2.24) is 29.4 Å². The van der Waals surface area contributed by atoms with E-state index in [-0.39, 0.29) is 17.9 Å². The van der Waals surface area contributed by atoms with Crippen molar-refractivity contribution >= 4 is 39.5 Å². The second kappa shape index (κ2) is 10.6. The van der Waals surface area contributed by atoms with Crippen LogP contribution in [0, 0.1) is 20.8 Å². The molecule has 2 unspecified atom stereocenters. The van der Waals surface area contributed by atoms with E-state index in [1.54, 1.807) is 53.1 Å². The lowest BCUT2D eigenvalue weighted by Gasteiger charge is -2.35. The lowest BCUT2D eigenvalue weighted by molar-refractivity contribution is -0.136. The van der Waals surface area contributed by atoms with E-state index in [1.807, 2.05) is 13.8 Å². The molecule has 0 saturated carbocycles. The minimum atomic E-state index is -0.553. The highest BCUT2D eigenvalue weighted by atomic mass is 79.9. The third-order valence-electron chi connectivity index (χ3n) is 6.03. The molecule has 2 aromatic heterocycles. The monoisotopic (exact) mass is 537 g/mol. The van der Waals surface area contributed by atoms with Crippen LogP contribution in [0.1, 0.15) is 49.9 Å². The minimum Gasteiger partial charge on any atom is -0.450 e. The summed E-state index contributed by atoms with van der Waals surface area (Å²) in [6, 6.07) is -1.08. The zero-order chi connectivity index (χ0) is 25.2. The summed E-state index contributed by atoms with van der Waals surface area (Å²) >= 11 is 3.49. The number of ether oxygens (including phenoxy) is 1. The van der Waals surface area contributed by atoms with Gasteiger partial charge in [-0.2, -0.15) is 10.2 Å². The normalized spacial score (nSPS) is 15.7. The average Bonchev–Trinajstić information content (AvgIpc) is 3.31. The van der Waals surface area contributed by atoms with Gasteiger partial charge in [0, 0.05) is 32.4 Å². The molecular formula is C22H32BrN7O4. The molecule has 2 atom stereocenters. The summed E-state index contributed by atoms with van der Waals surface area (Å²) in [4.78, 5) is 41.1. The van der Waals surface area contributed by atoms with Crippen LogP contribution in [0.2, 0.25) is 0 Å². The van der Waals surface area contributed by atoms with Gasteiger partial charge in [-0.3, -0.25) is 19.0 Å². The fourth-order valence-electron chi connectivity index (χ4n) is 3.87. The summed E-state index contributed by atoms with van der Waals surface area (Å²) in [5.74, 6) is -0.320. The van der Waals surface area contributed by atoms with E-state index in [0.29, 0.717) is 44.2 Å². The number of aryl methyl sites for hydroxylation is 2. The van der Waals surface area contributed by atoms with E-state index in [2.05, 4.69) is 31.4 Å². The third-order valence-corrected chi connectivity index (χ3v) is 7.18. The predicted molar refractivity (Wildman–Crippen MR) is 130 cm³/mol. The molecule has 1 saturated heterocycles. The molecule has 1 fully saturated rings. The Balaban J connectivity index is 1.63. The second-order valence-electron chi connectivity index (χ2n) is 8.39.